The van der Waals surface area contributed by atoms with E-state index in [4.69, 9.17) is 4.98 Å². The van der Waals surface area contributed by atoms with Gasteiger partial charge in [0.1, 0.15) is 6.04 Å². The molecule has 0 radical (unpaired) electrons. The van der Waals surface area contributed by atoms with Crippen LogP contribution in [0, 0.1) is 0 Å². The Kier molecular flexibility index (Phi) is 6.02. The number of hydrogen-bond acceptors (Lipinski definition) is 4. The van der Waals surface area contributed by atoms with Crippen LogP contribution >= 0.6 is 11.3 Å². The number of ketones is 1. The average Bonchev–Trinajstić information content (AvgIpc) is 3.34. The minimum atomic E-state index is -0.479. The van der Waals surface area contributed by atoms with Crippen LogP contribution in [-0.2, 0) is 16.0 Å². The fourth-order valence-electron chi connectivity index (χ4n) is 4.06. The number of para-hydroxylation sites is 1. The molecule has 3 aromatic rings. The summed E-state index contributed by atoms with van der Waals surface area (Å²) in [4.78, 5) is 30.9. The molecule has 1 saturated heterocycles. The van der Waals surface area contributed by atoms with E-state index in [0.717, 1.165) is 35.5 Å². The monoisotopic (exact) mass is 408 g/mol. The Morgan fingerprint density at radius 3 is 2.69 bits per heavy atom. The van der Waals surface area contributed by atoms with Gasteiger partial charge in [0.15, 0.2) is 17.3 Å². The number of rotatable bonds is 7. The van der Waals surface area contributed by atoms with E-state index in [1.165, 1.54) is 9.60 Å². The largest absolute Gasteiger partial charge is 0.341 e. The zero-order chi connectivity index (χ0) is 20.2. The molecule has 1 amide bonds. The first-order chi connectivity index (χ1) is 14.1. The molecular formula is C23H26N3O2S+. The van der Waals surface area contributed by atoms with Crippen molar-refractivity contribution in [2.45, 2.75) is 38.3 Å². The molecule has 2 aromatic carbocycles. The Morgan fingerprint density at radius 2 is 1.93 bits per heavy atom. The van der Waals surface area contributed by atoms with E-state index in [-0.39, 0.29) is 17.7 Å². The molecule has 1 fully saturated rings. The van der Waals surface area contributed by atoms with Crippen LogP contribution in [0.1, 0.15) is 36.4 Å². The lowest BCUT2D eigenvalue weighted by Crippen LogP contribution is -3.11. The van der Waals surface area contributed by atoms with E-state index in [0.29, 0.717) is 13.0 Å². The smallest absolute Gasteiger partial charge is 0.275 e. The second-order valence-corrected chi connectivity index (χ2v) is 8.78. The van der Waals surface area contributed by atoms with Gasteiger partial charge in [0.05, 0.1) is 22.8 Å². The maximum Gasteiger partial charge on any atom is 0.275 e. The maximum absolute atomic E-state index is 12.8. The summed E-state index contributed by atoms with van der Waals surface area (Å²) in [6.07, 6.45) is 2.66. The maximum atomic E-state index is 12.8. The van der Waals surface area contributed by atoms with Gasteiger partial charge in [-0.25, -0.2) is 4.98 Å². The van der Waals surface area contributed by atoms with Crippen LogP contribution in [0.25, 0.3) is 10.2 Å². The van der Waals surface area contributed by atoms with Crippen LogP contribution in [0.2, 0.25) is 0 Å². The molecule has 1 aliphatic rings. The van der Waals surface area contributed by atoms with Gasteiger partial charge in [-0.1, -0.05) is 42.5 Å². The first-order valence-corrected chi connectivity index (χ1v) is 11.0. The average molecular weight is 409 g/mol. The van der Waals surface area contributed by atoms with E-state index < -0.39 is 6.04 Å². The molecule has 6 heteroatoms. The summed E-state index contributed by atoms with van der Waals surface area (Å²) in [5.74, 6) is -0.0782. The molecule has 2 N–H and O–H groups in total. The number of fused-ring (bicyclic) bond motifs is 1. The number of nitrogens with zero attached hydrogens (tertiary/aromatic N) is 1. The lowest BCUT2D eigenvalue weighted by atomic mass is 10.0. The summed E-state index contributed by atoms with van der Waals surface area (Å²) in [6, 6.07) is 17.8. The first-order valence-electron chi connectivity index (χ1n) is 10.1. The molecule has 2 heterocycles. The van der Waals surface area contributed by atoms with Gasteiger partial charge >= 0.3 is 0 Å². The second kappa shape index (κ2) is 8.84. The summed E-state index contributed by atoms with van der Waals surface area (Å²) in [6.45, 7) is 2.87. The minimum Gasteiger partial charge on any atom is -0.341 e. The van der Waals surface area contributed by atoms with Gasteiger partial charge in [-0.15, -0.1) is 11.3 Å². The zero-order valence-electron chi connectivity index (χ0n) is 16.6. The van der Waals surface area contributed by atoms with Crippen molar-refractivity contribution in [2.24, 2.45) is 0 Å². The van der Waals surface area contributed by atoms with Crippen molar-refractivity contribution in [2.75, 3.05) is 13.1 Å². The lowest BCUT2D eigenvalue weighted by molar-refractivity contribution is -0.910. The van der Waals surface area contributed by atoms with Gasteiger partial charge in [0, 0.05) is 12.8 Å². The molecule has 1 aliphatic heterocycles. The number of carbonyl (C=O) groups excluding carboxylic acids is 2. The summed E-state index contributed by atoms with van der Waals surface area (Å²) in [5.41, 5.74) is 2.08. The Balaban J connectivity index is 1.41. The standard InChI is InChI=1S/C23H25N3O2S/c1-16(27)19(14-17-8-3-2-4-9-17)24-22(28)15-26-13-7-11-20(26)23-25-18-10-5-6-12-21(18)29-23/h2-6,8-10,12,19-20H,7,11,13-15H2,1H3,(H,24,28)/p+1/t19-,20-/m1/s1. The van der Waals surface area contributed by atoms with E-state index in [1.807, 2.05) is 48.5 Å². The zero-order valence-corrected chi connectivity index (χ0v) is 17.4. The van der Waals surface area contributed by atoms with Crippen molar-refractivity contribution in [1.29, 1.82) is 0 Å². The van der Waals surface area contributed by atoms with Crippen LogP contribution < -0.4 is 10.2 Å². The summed E-state index contributed by atoms with van der Waals surface area (Å²) < 4.78 is 1.19. The number of hydrogen-bond donors (Lipinski definition) is 2. The Bertz CT molecular complexity index is 969. The second-order valence-electron chi connectivity index (χ2n) is 7.72. The number of benzene rings is 2. The van der Waals surface area contributed by atoms with E-state index >= 15 is 0 Å². The van der Waals surface area contributed by atoms with Crippen LogP contribution in [-0.4, -0.2) is 35.8 Å². The molecule has 1 unspecified atom stereocenters. The number of nitrogens with one attached hydrogen (secondary N) is 2. The summed E-state index contributed by atoms with van der Waals surface area (Å²) >= 11 is 1.73. The highest BCUT2D eigenvalue weighted by Gasteiger charge is 2.34. The van der Waals surface area contributed by atoms with Crippen molar-refractivity contribution in [1.82, 2.24) is 10.3 Å². The van der Waals surface area contributed by atoms with Crippen molar-refractivity contribution in [3.8, 4) is 0 Å². The normalized spacial score (nSPS) is 19.9. The van der Waals surface area contributed by atoms with Crippen LogP contribution in [0.3, 0.4) is 0 Å². The topological polar surface area (TPSA) is 63.5 Å². The molecule has 4 rings (SSSR count). The number of quaternary nitrogens is 1. The predicted molar refractivity (Wildman–Crippen MR) is 115 cm³/mol. The molecule has 3 atom stereocenters. The fraction of sp³-hybridized carbons (Fsp3) is 0.348. The van der Waals surface area contributed by atoms with Gasteiger partial charge in [-0.3, -0.25) is 9.59 Å². The molecule has 0 bridgehead atoms. The third-order valence-corrected chi connectivity index (χ3v) is 6.74. The van der Waals surface area contributed by atoms with Crippen LogP contribution in [0.5, 0.6) is 0 Å². The van der Waals surface area contributed by atoms with E-state index in [2.05, 4.69) is 11.4 Å². The minimum absolute atomic E-state index is 0.0126. The number of thiazole rings is 1. The van der Waals surface area contributed by atoms with Gasteiger partial charge in [0.2, 0.25) is 0 Å². The molecular weight excluding hydrogens is 382 g/mol. The SMILES string of the molecule is CC(=O)[C@@H](Cc1ccccc1)NC(=O)C[NH+]1CCC[C@@H]1c1nc2ccccc2s1. The van der Waals surface area contributed by atoms with Crippen molar-refractivity contribution < 1.29 is 14.5 Å². The Labute approximate surface area is 174 Å². The van der Waals surface area contributed by atoms with Gasteiger partial charge in [-0.2, -0.15) is 0 Å². The molecule has 150 valence electrons. The third kappa shape index (κ3) is 4.71. The molecule has 5 nitrogen and oxygen atoms in total. The van der Waals surface area contributed by atoms with Crippen molar-refractivity contribution in [3.05, 3.63) is 65.2 Å². The molecule has 0 aliphatic carbocycles. The molecule has 1 aromatic heterocycles. The van der Waals surface area contributed by atoms with Crippen molar-refractivity contribution in [3.63, 3.8) is 0 Å². The molecule has 0 saturated carbocycles. The number of Topliss-reactive ketones (excluding diaryl/α,β-unsaturated/α-hetero) is 1. The first kappa shape index (κ1) is 19.7. The van der Waals surface area contributed by atoms with Crippen LogP contribution in [0.15, 0.2) is 54.6 Å². The predicted octanol–water partition coefficient (Wildman–Crippen LogP) is 2.33. The quantitative estimate of drug-likeness (QED) is 0.631. The molecule has 0 spiro atoms. The van der Waals surface area contributed by atoms with Crippen LogP contribution in [0.4, 0.5) is 0 Å². The fourth-order valence-corrected chi connectivity index (χ4v) is 5.22. The number of aromatic nitrogens is 1. The van der Waals surface area contributed by atoms with E-state index in [9.17, 15) is 9.59 Å². The summed E-state index contributed by atoms with van der Waals surface area (Å²) in [7, 11) is 0. The van der Waals surface area contributed by atoms with Gasteiger partial charge < -0.3 is 10.2 Å². The van der Waals surface area contributed by atoms with Crippen molar-refractivity contribution >= 4 is 33.2 Å². The van der Waals surface area contributed by atoms with Gasteiger partial charge in [0.25, 0.3) is 5.91 Å². The van der Waals surface area contributed by atoms with E-state index in [1.54, 1.807) is 18.3 Å². The highest BCUT2D eigenvalue weighted by atomic mass is 32.1. The highest BCUT2D eigenvalue weighted by Crippen LogP contribution is 2.28. The lowest BCUT2D eigenvalue weighted by Gasteiger charge is -2.21. The number of likely N-dealkylation sites (tertiary alicyclic amines) is 1. The number of carbonyl (C=O) groups is 2. The third-order valence-electron chi connectivity index (χ3n) is 5.59. The Morgan fingerprint density at radius 1 is 1.17 bits per heavy atom. The Hall–Kier alpha value is -2.57. The van der Waals surface area contributed by atoms with Gasteiger partial charge in [-0.05, 0) is 31.0 Å². The summed E-state index contributed by atoms with van der Waals surface area (Å²) in [5, 5.41) is 4.07. The number of amides is 1. The highest BCUT2D eigenvalue weighted by molar-refractivity contribution is 7.18. The molecule has 29 heavy (non-hydrogen) atoms.